The van der Waals surface area contributed by atoms with Crippen LogP contribution in [0.2, 0.25) is 0 Å². The lowest BCUT2D eigenvalue weighted by molar-refractivity contribution is 0.440. The molecule has 0 fully saturated rings. The van der Waals surface area contributed by atoms with Crippen LogP contribution in [0.1, 0.15) is 45.8 Å². The largest absolute Gasteiger partial charge is 0.324 e. The highest BCUT2D eigenvalue weighted by atomic mass is 35.5. The summed E-state index contributed by atoms with van der Waals surface area (Å²) in [5.74, 6) is 0. The molecular formula is C14H23ClFN. The zero-order valence-electron chi connectivity index (χ0n) is 11.4. The molecule has 1 nitrogen and oxygen atoms in total. The van der Waals surface area contributed by atoms with Crippen molar-refractivity contribution < 1.29 is 4.39 Å². The zero-order chi connectivity index (χ0) is 12.5. The van der Waals surface area contributed by atoms with Crippen LogP contribution in [0.4, 0.5) is 4.39 Å². The molecule has 1 atom stereocenters. The third kappa shape index (κ3) is 2.99. The van der Waals surface area contributed by atoms with E-state index in [2.05, 4.69) is 34.6 Å². The normalized spacial score (nSPS) is 12.2. The predicted molar refractivity (Wildman–Crippen MR) is 74.9 cm³/mol. The average Bonchev–Trinajstić information content (AvgIpc) is 2.24. The van der Waals surface area contributed by atoms with E-state index < -0.39 is 0 Å². The molecular weight excluding hydrogens is 237 g/mol. The van der Waals surface area contributed by atoms with Gasteiger partial charge >= 0.3 is 0 Å². The molecule has 0 aliphatic carbocycles. The molecule has 0 aliphatic heterocycles. The molecule has 0 unspecified atom stereocenters. The average molecular weight is 260 g/mol. The van der Waals surface area contributed by atoms with E-state index in [-0.39, 0.29) is 25.1 Å². The van der Waals surface area contributed by atoms with Gasteiger partial charge in [0.2, 0.25) is 0 Å². The van der Waals surface area contributed by atoms with E-state index in [0.717, 1.165) is 5.56 Å². The first-order chi connectivity index (χ1) is 7.41. The number of halogens is 2. The molecule has 0 aliphatic rings. The molecule has 98 valence electrons. The fourth-order valence-corrected chi connectivity index (χ4v) is 2.35. The summed E-state index contributed by atoms with van der Waals surface area (Å²) in [6.07, 6.45) is 0.406. The fourth-order valence-electron chi connectivity index (χ4n) is 2.35. The second kappa shape index (κ2) is 6.36. The molecule has 0 radical (unpaired) electrons. The van der Waals surface area contributed by atoms with Crippen molar-refractivity contribution in [2.75, 3.05) is 6.67 Å². The van der Waals surface area contributed by atoms with Gasteiger partial charge in [-0.1, -0.05) is 0 Å². The molecule has 0 aromatic heterocycles. The first-order valence-electron chi connectivity index (χ1n) is 5.80. The molecule has 1 aromatic carbocycles. The van der Waals surface area contributed by atoms with E-state index in [0.29, 0.717) is 6.42 Å². The number of rotatable bonds is 3. The monoisotopic (exact) mass is 259 g/mol. The standard InChI is InChI=1S/C14H22FN.ClH/c1-8-9(2)11(4)14(12(5)10(8)3)13(16)6-7-15;/h13H,6-7,16H2,1-5H3;1H/t13-;/m0./s1. The fraction of sp³-hybridized carbons (Fsp3) is 0.571. The molecule has 1 aromatic rings. The summed E-state index contributed by atoms with van der Waals surface area (Å²) < 4.78 is 12.4. The van der Waals surface area contributed by atoms with Crippen LogP contribution in [0, 0.1) is 34.6 Å². The molecule has 0 bridgehead atoms. The Morgan fingerprint density at radius 1 is 0.882 bits per heavy atom. The second-order valence-electron chi connectivity index (χ2n) is 4.62. The third-order valence-electron chi connectivity index (χ3n) is 3.85. The van der Waals surface area contributed by atoms with Crippen LogP contribution >= 0.6 is 12.4 Å². The Bertz CT molecular complexity index is 373. The van der Waals surface area contributed by atoms with E-state index in [1.807, 2.05) is 0 Å². The van der Waals surface area contributed by atoms with Crippen molar-refractivity contribution in [1.82, 2.24) is 0 Å². The highest BCUT2D eigenvalue weighted by Crippen LogP contribution is 2.30. The summed E-state index contributed by atoms with van der Waals surface area (Å²) in [6.45, 7) is 10.2. The Hall–Kier alpha value is -0.600. The van der Waals surface area contributed by atoms with Gasteiger partial charge in [-0.25, -0.2) is 0 Å². The summed E-state index contributed by atoms with van der Waals surface area (Å²) in [4.78, 5) is 0. The van der Waals surface area contributed by atoms with Crippen LogP contribution in [0.15, 0.2) is 0 Å². The van der Waals surface area contributed by atoms with Gasteiger partial charge in [-0.2, -0.15) is 0 Å². The quantitative estimate of drug-likeness (QED) is 0.872. The van der Waals surface area contributed by atoms with Crippen molar-refractivity contribution in [3.8, 4) is 0 Å². The summed E-state index contributed by atoms with van der Waals surface area (Å²) in [7, 11) is 0. The Labute approximate surface area is 110 Å². The molecule has 0 saturated carbocycles. The molecule has 0 heterocycles. The topological polar surface area (TPSA) is 26.0 Å². The Morgan fingerprint density at radius 3 is 1.59 bits per heavy atom. The lowest BCUT2D eigenvalue weighted by atomic mass is 9.86. The van der Waals surface area contributed by atoms with Crippen molar-refractivity contribution in [2.24, 2.45) is 5.73 Å². The lowest BCUT2D eigenvalue weighted by Crippen LogP contribution is -2.16. The lowest BCUT2D eigenvalue weighted by Gasteiger charge is -2.22. The van der Waals surface area contributed by atoms with Gasteiger partial charge in [0.25, 0.3) is 0 Å². The van der Waals surface area contributed by atoms with Gasteiger partial charge in [-0.05, 0) is 74.4 Å². The minimum Gasteiger partial charge on any atom is -0.324 e. The van der Waals surface area contributed by atoms with Crippen LogP contribution in [0.25, 0.3) is 0 Å². The van der Waals surface area contributed by atoms with Gasteiger partial charge in [0, 0.05) is 6.04 Å². The number of hydrogen-bond donors (Lipinski definition) is 1. The third-order valence-corrected chi connectivity index (χ3v) is 3.85. The maximum absolute atomic E-state index is 12.4. The van der Waals surface area contributed by atoms with E-state index in [9.17, 15) is 4.39 Å². The number of nitrogens with two attached hydrogens (primary N) is 1. The van der Waals surface area contributed by atoms with Crippen molar-refractivity contribution in [1.29, 1.82) is 0 Å². The summed E-state index contributed by atoms with van der Waals surface area (Å²) in [5, 5.41) is 0. The number of alkyl halides is 1. The van der Waals surface area contributed by atoms with Gasteiger partial charge in [0.15, 0.2) is 0 Å². The maximum atomic E-state index is 12.4. The van der Waals surface area contributed by atoms with Crippen LogP contribution in [-0.2, 0) is 0 Å². The minimum atomic E-state index is -0.355. The Balaban J connectivity index is 0.00000256. The summed E-state index contributed by atoms with van der Waals surface area (Å²) in [6, 6.07) is -0.178. The first kappa shape index (κ1) is 16.4. The van der Waals surface area contributed by atoms with E-state index in [1.165, 1.54) is 27.8 Å². The smallest absolute Gasteiger partial charge is 0.0912 e. The Morgan fingerprint density at radius 2 is 1.24 bits per heavy atom. The van der Waals surface area contributed by atoms with Crippen molar-refractivity contribution in [3.05, 3.63) is 33.4 Å². The van der Waals surface area contributed by atoms with E-state index >= 15 is 0 Å². The molecule has 0 saturated heterocycles. The molecule has 0 amide bonds. The highest BCUT2D eigenvalue weighted by Gasteiger charge is 2.17. The van der Waals surface area contributed by atoms with Crippen LogP contribution < -0.4 is 5.73 Å². The van der Waals surface area contributed by atoms with E-state index in [1.54, 1.807) is 0 Å². The van der Waals surface area contributed by atoms with Crippen molar-refractivity contribution >= 4 is 12.4 Å². The van der Waals surface area contributed by atoms with Gasteiger partial charge in [0.1, 0.15) is 0 Å². The van der Waals surface area contributed by atoms with Gasteiger partial charge in [-0.15, -0.1) is 12.4 Å². The van der Waals surface area contributed by atoms with Crippen LogP contribution in [0.5, 0.6) is 0 Å². The molecule has 1 rings (SSSR count). The van der Waals surface area contributed by atoms with Crippen LogP contribution in [0.3, 0.4) is 0 Å². The van der Waals surface area contributed by atoms with Gasteiger partial charge in [-0.3, -0.25) is 4.39 Å². The van der Waals surface area contributed by atoms with Crippen LogP contribution in [-0.4, -0.2) is 6.67 Å². The van der Waals surface area contributed by atoms with Crippen molar-refractivity contribution in [2.45, 2.75) is 47.1 Å². The molecule has 2 N–H and O–H groups in total. The maximum Gasteiger partial charge on any atom is 0.0912 e. The number of benzene rings is 1. The molecule has 3 heteroatoms. The zero-order valence-corrected chi connectivity index (χ0v) is 12.2. The highest BCUT2D eigenvalue weighted by molar-refractivity contribution is 5.85. The summed E-state index contributed by atoms with van der Waals surface area (Å²) in [5.41, 5.74) is 13.5. The van der Waals surface area contributed by atoms with E-state index in [4.69, 9.17) is 5.73 Å². The van der Waals surface area contributed by atoms with Crippen molar-refractivity contribution in [3.63, 3.8) is 0 Å². The predicted octanol–water partition coefficient (Wildman–Crippen LogP) is 4.01. The Kier molecular flexibility index (Phi) is 6.14. The SMILES string of the molecule is Cc1c(C)c(C)c([C@@H](N)CCF)c(C)c1C.Cl. The number of hydrogen-bond acceptors (Lipinski definition) is 1. The first-order valence-corrected chi connectivity index (χ1v) is 5.80. The minimum absolute atomic E-state index is 0. The summed E-state index contributed by atoms with van der Waals surface area (Å²) >= 11 is 0. The molecule has 0 spiro atoms. The van der Waals surface area contributed by atoms with Gasteiger partial charge in [0.05, 0.1) is 6.67 Å². The second-order valence-corrected chi connectivity index (χ2v) is 4.62. The molecule has 17 heavy (non-hydrogen) atoms. The van der Waals surface area contributed by atoms with Gasteiger partial charge < -0.3 is 5.73 Å².